The van der Waals surface area contributed by atoms with Crippen molar-refractivity contribution in [2.75, 3.05) is 19.6 Å². The standard InChI is InChI=1S/C9H15N3/c10-6-8(11)9-2-1-4-12(7-9)5-3-9/h8H,1-5,7,11H2. The van der Waals surface area contributed by atoms with E-state index in [2.05, 4.69) is 11.0 Å². The van der Waals surface area contributed by atoms with Crippen LogP contribution in [0.5, 0.6) is 0 Å². The molecule has 66 valence electrons. The van der Waals surface area contributed by atoms with Gasteiger partial charge in [0.25, 0.3) is 0 Å². The van der Waals surface area contributed by atoms with Crippen LogP contribution < -0.4 is 5.73 Å². The van der Waals surface area contributed by atoms with Crippen molar-refractivity contribution in [3.8, 4) is 6.07 Å². The van der Waals surface area contributed by atoms with Crippen LogP contribution in [-0.2, 0) is 0 Å². The molecule has 0 radical (unpaired) electrons. The Hall–Kier alpha value is -0.590. The van der Waals surface area contributed by atoms with Gasteiger partial charge in [0.05, 0.1) is 12.1 Å². The third-order valence-electron chi connectivity index (χ3n) is 3.41. The third kappa shape index (κ3) is 1.03. The van der Waals surface area contributed by atoms with Gasteiger partial charge in [-0.3, -0.25) is 0 Å². The fourth-order valence-corrected chi connectivity index (χ4v) is 2.58. The molecular formula is C9H15N3. The van der Waals surface area contributed by atoms with Crippen LogP contribution in [0.15, 0.2) is 0 Å². The Kier molecular flexibility index (Phi) is 1.82. The van der Waals surface area contributed by atoms with Crippen LogP contribution in [0, 0.1) is 16.7 Å². The molecule has 2 saturated heterocycles. The summed E-state index contributed by atoms with van der Waals surface area (Å²) < 4.78 is 0. The Morgan fingerprint density at radius 3 is 3.00 bits per heavy atom. The van der Waals surface area contributed by atoms with E-state index in [-0.39, 0.29) is 11.5 Å². The molecule has 3 heteroatoms. The molecule has 2 aliphatic rings. The average Bonchev–Trinajstić information content (AvgIpc) is 2.42. The van der Waals surface area contributed by atoms with Gasteiger partial charge in [0.1, 0.15) is 0 Å². The summed E-state index contributed by atoms with van der Waals surface area (Å²) in [6.07, 6.45) is 3.50. The number of hydrogen-bond acceptors (Lipinski definition) is 3. The molecule has 2 aliphatic heterocycles. The van der Waals surface area contributed by atoms with Crippen LogP contribution in [0.3, 0.4) is 0 Å². The number of piperidine rings is 1. The van der Waals surface area contributed by atoms with Crippen molar-refractivity contribution in [1.82, 2.24) is 4.90 Å². The lowest BCUT2D eigenvalue weighted by Crippen LogP contribution is -2.45. The normalized spacial score (nSPS) is 42.2. The Morgan fingerprint density at radius 2 is 2.25 bits per heavy atom. The first-order chi connectivity index (χ1) is 5.77. The molecule has 12 heavy (non-hydrogen) atoms. The van der Waals surface area contributed by atoms with Crippen molar-refractivity contribution in [3.63, 3.8) is 0 Å². The van der Waals surface area contributed by atoms with E-state index in [1.54, 1.807) is 0 Å². The lowest BCUT2D eigenvalue weighted by molar-refractivity contribution is 0.168. The number of fused-ring (bicyclic) bond motifs is 2. The zero-order valence-corrected chi connectivity index (χ0v) is 7.29. The van der Waals surface area contributed by atoms with E-state index in [0.29, 0.717) is 0 Å². The van der Waals surface area contributed by atoms with Gasteiger partial charge in [-0.05, 0) is 32.4 Å². The van der Waals surface area contributed by atoms with Gasteiger partial charge in [-0.25, -0.2) is 0 Å². The predicted octanol–water partition coefficient (Wildman–Crippen LogP) is 0.323. The largest absolute Gasteiger partial charge is 0.315 e. The molecule has 0 aromatic carbocycles. The van der Waals surface area contributed by atoms with Crippen LogP contribution in [0.1, 0.15) is 19.3 Å². The van der Waals surface area contributed by atoms with Gasteiger partial charge in [0, 0.05) is 12.0 Å². The third-order valence-corrected chi connectivity index (χ3v) is 3.41. The summed E-state index contributed by atoms with van der Waals surface area (Å²) in [5, 5.41) is 8.81. The molecule has 0 aromatic rings. The Bertz CT molecular complexity index is 216. The van der Waals surface area contributed by atoms with Crippen LogP contribution >= 0.6 is 0 Å². The Labute approximate surface area is 73.1 Å². The zero-order valence-electron chi connectivity index (χ0n) is 7.29. The van der Waals surface area contributed by atoms with E-state index >= 15 is 0 Å². The van der Waals surface area contributed by atoms with E-state index in [9.17, 15) is 0 Å². The minimum Gasteiger partial charge on any atom is -0.315 e. The van der Waals surface area contributed by atoms with Gasteiger partial charge in [0.15, 0.2) is 0 Å². The smallest absolute Gasteiger partial charge is 0.0997 e. The number of rotatable bonds is 1. The lowest BCUT2D eigenvalue weighted by atomic mass is 9.75. The molecule has 3 unspecified atom stereocenters. The summed E-state index contributed by atoms with van der Waals surface area (Å²) in [4.78, 5) is 2.43. The van der Waals surface area contributed by atoms with E-state index in [1.165, 1.54) is 13.0 Å². The van der Waals surface area contributed by atoms with Crippen molar-refractivity contribution in [2.24, 2.45) is 11.1 Å². The van der Waals surface area contributed by atoms with Crippen molar-refractivity contribution >= 4 is 0 Å². The second-order valence-corrected chi connectivity index (χ2v) is 4.10. The molecule has 0 aromatic heterocycles. The first kappa shape index (κ1) is 8.03. The van der Waals surface area contributed by atoms with Crippen molar-refractivity contribution in [1.29, 1.82) is 5.26 Å². The summed E-state index contributed by atoms with van der Waals surface area (Å²) >= 11 is 0. The van der Waals surface area contributed by atoms with Crippen molar-refractivity contribution in [3.05, 3.63) is 0 Å². The average molecular weight is 165 g/mol. The van der Waals surface area contributed by atoms with E-state index in [4.69, 9.17) is 11.0 Å². The fourth-order valence-electron chi connectivity index (χ4n) is 2.58. The van der Waals surface area contributed by atoms with Crippen LogP contribution in [0.25, 0.3) is 0 Å². The number of nitrogens with two attached hydrogens (primary N) is 1. The van der Waals surface area contributed by atoms with Crippen molar-refractivity contribution in [2.45, 2.75) is 25.3 Å². The predicted molar refractivity (Wildman–Crippen MR) is 46.3 cm³/mol. The molecule has 0 aliphatic carbocycles. The summed E-state index contributed by atoms with van der Waals surface area (Å²) in [7, 11) is 0. The summed E-state index contributed by atoms with van der Waals surface area (Å²) in [6, 6.07) is 1.96. The molecule has 0 saturated carbocycles. The van der Waals surface area contributed by atoms with E-state index < -0.39 is 0 Å². The maximum absolute atomic E-state index is 8.81. The lowest BCUT2D eigenvalue weighted by Gasteiger charge is -2.35. The van der Waals surface area contributed by atoms with Crippen LogP contribution in [0.4, 0.5) is 0 Å². The van der Waals surface area contributed by atoms with Crippen LogP contribution in [-0.4, -0.2) is 30.6 Å². The van der Waals surface area contributed by atoms with E-state index in [0.717, 1.165) is 25.9 Å². The number of nitriles is 1. The second-order valence-electron chi connectivity index (χ2n) is 4.10. The highest BCUT2D eigenvalue weighted by molar-refractivity contribution is 5.07. The number of nitrogens with zero attached hydrogens (tertiary/aromatic N) is 2. The first-order valence-electron chi connectivity index (χ1n) is 4.64. The van der Waals surface area contributed by atoms with Gasteiger partial charge in [-0.15, -0.1) is 0 Å². The SMILES string of the molecule is N#CC(N)C12CCCN(CC1)C2. The highest BCUT2D eigenvalue weighted by Gasteiger charge is 2.45. The number of hydrogen-bond donors (Lipinski definition) is 1. The van der Waals surface area contributed by atoms with Gasteiger partial charge in [0.2, 0.25) is 0 Å². The molecule has 0 amide bonds. The zero-order chi connectivity index (χ0) is 8.60. The monoisotopic (exact) mass is 165 g/mol. The quantitative estimate of drug-likeness (QED) is 0.609. The Morgan fingerprint density at radius 1 is 1.42 bits per heavy atom. The van der Waals surface area contributed by atoms with Crippen molar-refractivity contribution < 1.29 is 0 Å². The minimum atomic E-state index is -0.247. The summed E-state index contributed by atoms with van der Waals surface area (Å²) in [6.45, 7) is 3.41. The topological polar surface area (TPSA) is 53.1 Å². The maximum atomic E-state index is 8.81. The summed E-state index contributed by atoms with van der Waals surface area (Å²) in [5.41, 5.74) is 5.98. The molecule has 2 heterocycles. The molecule has 2 rings (SSSR count). The Balaban J connectivity index is 2.16. The molecule has 2 N–H and O–H groups in total. The fraction of sp³-hybridized carbons (Fsp3) is 0.889. The molecule has 3 nitrogen and oxygen atoms in total. The molecule has 2 fully saturated rings. The second kappa shape index (κ2) is 2.72. The summed E-state index contributed by atoms with van der Waals surface area (Å²) in [5.74, 6) is 0. The minimum absolute atomic E-state index is 0.146. The highest BCUT2D eigenvalue weighted by Crippen LogP contribution is 2.41. The molecule has 2 bridgehead atoms. The molecule has 0 spiro atoms. The van der Waals surface area contributed by atoms with E-state index in [1.807, 2.05) is 0 Å². The van der Waals surface area contributed by atoms with Gasteiger partial charge < -0.3 is 10.6 Å². The maximum Gasteiger partial charge on any atom is 0.0997 e. The van der Waals surface area contributed by atoms with Crippen LogP contribution in [0.2, 0.25) is 0 Å². The molecular weight excluding hydrogens is 150 g/mol. The van der Waals surface area contributed by atoms with Gasteiger partial charge in [-0.1, -0.05) is 0 Å². The van der Waals surface area contributed by atoms with Gasteiger partial charge >= 0.3 is 0 Å². The first-order valence-corrected chi connectivity index (χ1v) is 4.64. The molecule has 3 atom stereocenters. The highest BCUT2D eigenvalue weighted by atomic mass is 15.2. The van der Waals surface area contributed by atoms with Gasteiger partial charge in [-0.2, -0.15) is 5.26 Å².